The van der Waals surface area contributed by atoms with E-state index in [1.54, 1.807) is 24.3 Å². The van der Waals surface area contributed by atoms with Gasteiger partial charge < -0.3 is 14.6 Å². The Bertz CT molecular complexity index is 1440. The van der Waals surface area contributed by atoms with Gasteiger partial charge in [-0.05, 0) is 66.4 Å². The second-order valence-corrected chi connectivity index (χ2v) is 10.0. The van der Waals surface area contributed by atoms with E-state index in [0.717, 1.165) is 53.4 Å². The summed E-state index contributed by atoms with van der Waals surface area (Å²) in [6, 6.07) is 24.6. The molecule has 0 radical (unpaired) electrons. The smallest absolute Gasteiger partial charge is 0.339 e. The average Bonchev–Trinajstić information content (AvgIpc) is 2.94. The summed E-state index contributed by atoms with van der Waals surface area (Å²) in [5.41, 5.74) is 3.84. The van der Waals surface area contributed by atoms with Gasteiger partial charge in [0.1, 0.15) is 24.0 Å². The number of carboxylic acid groups (broad SMARTS) is 1. The van der Waals surface area contributed by atoms with Crippen LogP contribution in [0.4, 0.5) is 0 Å². The number of halogens is 1. The Morgan fingerprint density at radius 3 is 2.63 bits per heavy atom. The second kappa shape index (κ2) is 12.2. The van der Waals surface area contributed by atoms with Gasteiger partial charge >= 0.3 is 5.97 Å². The minimum Gasteiger partial charge on any atom is -0.490 e. The Morgan fingerprint density at radius 2 is 1.79 bits per heavy atom. The first-order valence-corrected chi connectivity index (χ1v) is 13.4. The highest BCUT2D eigenvalue weighted by Crippen LogP contribution is 2.29. The van der Waals surface area contributed by atoms with Crippen LogP contribution >= 0.6 is 11.6 Å². The number of rotatable bonds is 9. The lowest BCUT2D eigenvalue weighted by atomic mass is 9.97. The third-order valence-electron chi connectivity index (χ3n) is 6.82. The molecule has 6 heteroatoms. The summed E-state index contributed by atoms with van der Waals surface area (Å²) < 4.78 is 12.6. The van der Waals surface area contributed by atoms with Gasteiger partial charge in [0, 0.05) is 10.4 Å². The van der Waals surface area contributed by atoms with Crippen LogP contribution in [0.25, 0.3) is 23.1 Å². The number of aromatic carboxylic acids is 1. The SMILES string of the molecule is O=C(O)c1ccccc1OCC(OC1CCCCC1)c1cccc(/C=C/c2ccc3ccc(Cl)cc3n2)c1. The molecule has 1 aliphatic rings. The molecule has 5 rings (SSSR count). The van der Waals surface area contributed by atoms with Crippen LogP contribution in [0.3, 0.4) is 0 Å². The predicted octanol–water partition coefficient (Wildman–Crippen LogP) is 8.23. The van der Waals surface area contributed by atoms with E-state index in [9.17, 15) is 9.90 Å². The van der Waals surface area contributed by atoms with E-state index in [1.165, 1.54) is 6.42 Å². The molecule has 1 aromatic heterocycles. The number of hydrogen-bond acceptors (Lipinski definition) is 4. The Labute approximate surface area is 227 Å². The lowest BCUT2D eigenvalue weighted by Crippen LogP contribution is -2.24. The molecule has 4 aromatic rings. The Hall–Kier alpha value is -3.67. The number of ether oxygens (including phenoxy) is 2. The highest BCUT2D eigenvalue weighted by Gasteiger charge is 2.22. The lowest BCUT2D eigenvalue weighted by molar-refractivity contribution is -0.0506. The normalized spacial score (nSPS) is 15.1. The molecule has 3 aromatic carbocycles. The van der Waals surface area contributed by atoms with E-state index in [-0.39, 0.29) is 24.4 Å². The monoisotopic (exact) mass is 527 g/mol. The molecule has 38 heavy (non-hydrogen) atoms. The van der Waals surface area contributed by atoms with Crippen molar-refractivity contribution >= 4 is 40.6 Å². The van der Waals surface area contributed by atoms with E-state index in [1.807, 2.05) is 60.7 Å². The fourth-order valence-corrected chi connectivity index (χ4v) is 4.99. The summed E-state index contributed by atoms with van der Waals surface area (Å²) in [5, 5.41) is 11.2. The molecule has 0 bridgehead atoms. The minimum atomic E-state index is -1.01. The molecular weight excluding hydrogens is 498 g/mol. The second-order valence-electron chi connectivity index (χ2n) is 9.57. The molecule has 1 N–H and O–H groups in total. The number of carbonyl (C=O) groups is 1. The zero-order valence-corrected chi connectivity index (χ0v) is 21.8. The number of benzene rings is 3. The van der Waals surface area contributed by atoms with Gasteiger partial charge in [-0.1, -0.05) is 79.4 Å². The van der Waals surface area contributed by atoms with E-state index in [4.69, 9.17) is 26.1 Å². The summed E-state index contributed by atoms with van der Waals surface area (Å²) in [6.07, 6.45) is 9.46. The largest absolute Gasteiger partial charge is 0.490 e. The van der Waals surface area contributed by atoms with Crippen molar-refractivity contribution in [3.63, 3.8) is 0 Å². The summed E-state index contributed by atoms with van der Waals surface area (Å²) in [5.74, 6) is -0.669. The summed E-state index contributed by atoms with van der Waals surface area (Å²) in [7, 11) is 0. The van der Waals surface area contributed by atoms with Crippen molar-refractivity contribution in [2.45, 2.75) is 44.3 Å². The van der Waals surface area contributed by atoms with Crippen molar-refractivity contribution in [3.8, 4) is 5.75 Å². The Kier molecular flexibility index (Phi) is 8.37. The van der Waals surface area contributed by atoms with Crippen molar-refractivity contribution in [3.05, 3.63) is 106 Å². The standard InChI is InChI=1S/C32H30ClNO4/c33-25-16-14-23-15-18-26(34-29(23)20-25)17-13-22-7-6-8-24(19-22)31(38-27-9-2-1-3-10-27)21-37-30-12-5-4-11-28(30)32(35)36/h4-8,11-20,27,31H,1-3,9-10,21H2,(H,35,36)/b17-13+. The van der Waals surface area contributed by atoms with Crippen LogP contribution in [-0.2, 0) is 4.74 Å². The molecule has 1 heterocycles. The molecule has 1 unspecified atom stereocenters. The molecule has 0 aliphatic heterocycles. The van der Waals surface area contributed by atoms with E-state index in [2.05, 4.69) is 6.07 Å². The third-order valence-corrected chi connectivity index (χ3v) is 7.06. The average molecular weight is 528 g/mol. The molecule has 1 atom stereocenters. The van der Waals surface area contributed by atoms with Gasteiger partial charge in [0.05, 0.1) is 17.3 Å². The van der Waals surface area contributed by atoms with Gasteiger partial charge in [-0.2, -0.15) is 0 Å². The van der Waals surface area contributed by atoms with Crippen LogP contribution in [0.5, 0.6) is 5.75 Å². The maximum Gasteiger partial charge on any atom is 0.339 e. The van der Waals surface area contributed by atoms with Gasteiger partial charge in [0.25, 0.3) is 0 Å². The first-order valence-electron chi connectivity index (χ1n) is 13.0. The van der Waals surface area contributed by atoms with Crippen LogP contribution in [0.15, 0.2) is 78.9 Å². The van der Waals surface area contributed by atoms with Gasteiger partial charge in [-0.3, -0.25) is 0 Å². The van der Waals surface area contributed by atoms with E-state index in [0.29, 0.717) is 10.8 Å². The maximum absolute atomic E-state index is 11.6. The van der Waals surface area contributed by atoms with E-state index >= 15 is 0 Å². The van der Waals surface area contributed by atoms with Crippen molar-refractivity contribution in [1.29, 1.82) is 0 Å². The van der Waals surface area contributed by atoms with Crippen molar-refractivity contribution in [2.24, 2.45) is 0 Å². The van der Waals surface area contributed by atoms with Gasteiger partial charge in [-0.25, -0.2) is 9.78 Å². The molecule has 0 saturated heterocycles. The first-order chi connectivity index (χ1) is 18.5. The summed E-state index contributed by atoms with van der Waals surface area (Å²) in [6.45, 7) is 0.223. The Balaban J connectivity index is 1.37. The number of aromatic nitrogens is 1. The molecule has 5 nitrogen and oxygen atoms in total. The zero-order chi connectivity index (χ0) is 26.3. The number of hydrogen-bond donors (Lipinski definition) is 1. The minimum absolute atomic E-state index is 0.143. The quantitative estimate of drug-likeness (QED) is 0.237. The van der Waals surface area contributed by atoms with Crippen molar-refractivity contribution in [1.82, 2.24) is 4.98 Å². The fourth-order valence-electron chi connectivity index (χ4n) is 4.83. The molecule has 1 aliphatic carbocycles. The number of nitrogens with zero attached hydrogens (tertiary/aromatic N) is 1. The van der Waals surface area contributed by atoms with Crippen LogP contribution in [-0.4, -0.2) is 28.8 Å². The number of para-hydroxylation sites is 1. The highest BCUT2D eigenvalue weighted by molar-refractivity contribution is 6.31. The zero-order valence-electron chi connectivity index (χ0n) is 21.1. The molecule has 1 fully saturated rings. The fraction of sp³-hybridized carbons (Fsp3) is 0.250. The topological polar surface area (TPSA) is 68.7 Å². The molecule has 194 valence electrons. The van der Waals surface area contributed by atoms with Crippen LogP contribution in [0, 0.1) is 0 Å². The van der Waals surface area contributed by atoms with E-state index < -0.39 is 5.97 Å². The van der Waals surface area contributed by atoms with Gasteiger partial charge in [0.15, 0.2) is 0 Å². The van der Waals surface area contributed by atoms with Crippen LogP contribution in [0.2, 0.25) is 5.02 Å². The first kappa shape index (κ1) is 26.0. The highest BCUT2D eigenvalue weighted by atomic mass is 35.5. The molecule has 0 spiro atoms. The number of carboxylic acids is 1. The lowest BCUT2D eigenvalue weighted by Gasteiger charge is -2.28. The van der Waals surface area contributed by atoms with Gasteiger partial charge in [0.2, 0.25) is 0 Å². The van der Waals surface area contributed by atoms with Crippen molar-refractivity contribution in [2.75, 3.05) is 6.61 Å². The molecule has 0 amide bonds. The van der Waals surface area contributed by atoms with Crippen LogP contribution < -0.4 is 4.74 Å². The summed E-state index contributed by atoms with van der Waals surface area (Å²) in [4.78, 5) is 16.4. The third kappa shape index (κ3) is 6.60. The maximum atomic E-state index is 11.6. The molecular formula is C32H30ClNO4. The Morgan fingerprint density at radius 1 is 0.974 bits per heavy atom. The van der Waals surface area contributed by atoms with Crippen LogP contribution in [0.1, 0.15) is 65.4 Å². The number of pyridine rings is 1. The van der Waals surface area contributed by atoms with Crippen molar-refractivity contribution < 1.29 is 19.4 Å². The predicted molar refractivity (Wildman–Crippen MR) is 152 cm³/mol. The van der Waals surface area contributed by atoms with Gasteiger partial charge in [-0.15, -0.1) is 0 Å². The summed E-state index contributed by atoms with van der Waals surface area (Å²) >= 11 is 6.14. The molecule has 1 saturated carbocycles. The number of fused-ring (bicyclic) bond motifs is 1.